The maximum Gasteiger partial charge on any atom is 0.0178 e. The summed E-state index contributed by atoms with van der Waals surface area (Å²) < 4.78 is 0. The van der Waals surface area contributed by atoms with Gasteiger partial charge in [-0.3, -0.25) is 9.80 Å². The molecule has 0 aromatic carbocycles. The van der Waals surface area contributed by atoms with Crippen LogP contribution >= 0.6 is 0 Å². The van der Waals surface area contributed by atoms with E-state index in [1.54, 1.807) is 0 Å². The molecule has 2 spiro atoms. The van der Waals surface area contributed by atoms with Crippen molar-refractivity contribution in [3.63, 3.8) is 0 Å². The highest BCUT2D eigenvalue weighted by atomic mass is 15.2. The van der Waals surface area contributed by atoms with Crippen LogP contribution in [0.1, 0.15) is 122 Å². The van der Waals surface area contributed by atoms with Gasteiger partial charge < -0.3 is 0 Å². The highest BCUT2D eigenvalue weighted by Crippen LogP contribution is 2.60. The van der Waals surface area contributed by atoms with E-state index in [9.17, 15) is 0 Å². The van der Waals surface area contributed by atoms with Gasteiger partial charge in [0, 0.05) is 24.2 Å². The average Bonchev–Trinajstić information content (AvgIpc) is 3.55. The summed E-state index contributed by atoms with van der Waals surface area (Å²) in [4.78, 5) is 5.47. The zero-order chi connectivity index (χ0) is 23.3. The van der Waals surface area contributed by atoms with Gasteiger partial charge in [-0.2, -0.15) is 0 Å². The Morgan fingerprint density at radius 2 is 0.767 bits per heavy atom. The Balaban J connectivity index is 0.000000258. The lowest BCUT2D eigenvalue weighted by atomic mass is 9.88. The summed E-state index contributed by atoms with van der Waals surface area (Å²) in [6, 6.07) is 3.25. The van der Waals surface area contributed by atoms with E-state index in [4.69, 9.17) is 0 Å². The maximum absolute atomic E-state index is 2.73. The molecule has 2 aliphatic heterocycles. The Morgan fingerprint density at radius 1 is 0.500 bits per heavy atom. The second-order valence-corrected chi connectivity index (χ2v) is 11.3. The summed E-state index contributed by atoms with van der Waals surface area (Å²) in [5, 5.41) is 0. The molecule has 4 rings (SSSR count). The van der Waals surface area contributed by atoms with E-state index in [0.29, 0.717) is 0 Å². The third-order valence-corrected chi connectivity index (χ3v) is 8.08. The number of hydrogen-bond acceptors (Lipinski definition) is 2. The lowest BCUT2D eigenvalue weighted by Crippen LogP contribution is -2.41. The van der Waals surface area contributed by atoms with Crippen LogP contribution in [0.2, 0.25) is 0 Å². The van der Waals surface area contributed by atoms with E-state index in [1.807, 2.05) is 27.7 Å². The lowest BCUT2D eigenvalue weighted by molar-refractivity contribution is 0.133. The molecule has 0 aromatic rings. The number of likely N-dealkylation sites (tertiary alicyclic amines) is 2. The van der Waals surface area contributed by atoms with Crippen LogP contribution in [-0.4, -0.2) is 47.1 Å². The third-order valence-electron chi connectivity index (χ3n) is 8.08. The quantitative estimate of drug-likeness (QED) is 0.455. The van der Waals surface area contributed by atoms with E-state index >= 15 is 0 Å². The molecule has 4 aliphatic rings. The van der Waals surface area contributed by atoms with Crippen molar-refractivity contribution in [3.05, 3.63) is 0 Å². The summed E-state index contributed by atoms with van der Waals surface area (Å²) >= 11 is 0. The molecule has 2 aliphatic carbocycles. The molecule has 2 nitrogen and oxygen atoms in total. The Bertz CT molecular complexity index is 427. The minimum Gasteiger partial charge on any atom is -0.297 e. The largest absolute Gasteiger partial charge is 0.297 e. The summed E-state index contributed by atoms with van der Waals surface area (Å²) in [6.07, 6.45) is 8.93. The van der Waals surface area contributed by atoms with Crippen LogP contribution in [0.25, 0.3) is 0 Å². The molecule has 30 heavy (non-hydrogen) atoms. The molecule has 2 saturated carbocycles. The van der Waals surface area contributed by atoms with Gasteiger partial charge in [0.1, 0.15) is 0 Å². The zero-order valence-corrected chi connectivity index (χ0v) is 23.0. The van der Waals surface area contributed by atoms with E-state index in [2.05, 4.69) is 65.2 Å². The predicted octanol–water partition coefficient (Wildman–Crippen LogP) is 7.86. The van der Waals surface area contributed by atoms with Crippen molar-refractivity contribution in [2.75, 3.05) is 13.1 Å². The van der Waals surface area contributed by atoms with Gasteiger partial charge in [-0.1, -0.05) is 55.4 Å². The van der Waals surface area contributed by atoms with Gasteiger partial charge in [-0.15, -0.1) is 0 Å². The second kappa shape index (κ2) is 11.7. The van der Waals surface area contributed by atoms with Crippen molar-refractivity contribution in [3.8, 4) is 0 Å². The predicted molar refractivity (Wildman–Crippen MR) is 136 cm³/mol. The van der Waals surface area contributed by atoms with Crippen LogP contribution < -0.4 is 0 Å². The van der Waals surface area contributed by atoms with Gasteiger partial charge in [0.15, 0.2) is 0 Å². The maximum atomic E-state index is 2.73. The smallest absolute Gasteiger partial charge is 0.0178 e. The van der Waals surface area contributed by atoms with Crippen LogP contribution in [0.15, 0.2) is 0 Å². The molecule has 2 saturated heterocycles. The van der Waals surface area contributed by atoms with E-state index < -0.39 is 0 Å². The molecular formula is C28H58N2. The normalized spacial score (nSPS) is 28.4. The molecule has 0 radical (unpaired) electrons. The van der Waals surface area contributed by atoms with Gasteiger partial charge in [0.05, 0.1) is 0 Å². The first kappa shape index (κ1) is 28.0. The molecule has 0 aromatic heterocycles. The van der Waals surface area contributed by atoms with Gasteiger partial charge in [-0.05, 0) is 102 Å². The van der Waals surface area contributed by atoms with E-state index in [-0.39, 0.29) is 0 Å². The minimum absolute atomic E-state index is 0.743. The molecule has 2 atom stereocenters. The molecule has 180 valence electrons. The third kappa shape index (κ3) is 6.03. The van der Waals surface area contributed by atoms with E-state index in [0.717, 1.165) is 46.8 Å². The zero-order valence-electron chi connectivity index (χ0n) is 23.0. The van der Waals surface area contributed by atoms with Crippen molar-refractivity contribution in [1.82, 2.24) is 9.80 Å². The Morgan fingerprint density at radius 3 is 0.933 bits per heavy atom. The minimum atomic E-state index is 0.743. The topological polar surface area (TPSA) is 6.48 Å². The fraction of sp³-hybridized carbons (Fsp3) is 1.00. The van der Waals surface area contributed by atoms with Crippen molar-refractivity contribution in [1.29, 1.82) is 0 Å². The molecule has 2 unspecified atom stereocenters. The highest BCUT2D eigenvalue weighted by molar-refractivity contribution is 5.10. The Kier molecular flexibility index (Phi) is 10.9. The Hall–Kier alpha value is -0.0800. The fourth-order valence-electron chi connectivity index (χ4n) is 6.73. The number of nitrogens with zero attached hydrogens (tertiary/aromatic N) is 2. The van der Waals surface area contributed by atoms with Crippen molar-refractivity contribution < 1.29 is 0 Å². The molecule has 0 N–H and O–H groups in total. The first-order valence-corrected chi connectivity index (χ1v) is 13.6. The standard InChI is InChI=1S/2C12H23N.2C2H6/c2*1-9(2)11-12(5-6-12)7-8-13(11)10(3)4;2*1-2/h2*9-11H,5-8H2,1-4H3;2*1-2H3. The van der Waals surface area contributed by atoms with Crippen LogP contribution in [0.5, 0.6) is 0 Å². The van der Waals surface area contributed by atoms with Crippen molar-refractivity contribution in [2.45, 2.75) is 146 Å². The first-order valence-electron chi connectivity index (χ1n) is 13.6. The van der Waals surface area contributed by atoms with Crippen LogP contribution in [0, 0.1) is 22.7 Å². The number of hydrogen-bond donors (Lipinski definition) is 0. The molecule has 2 heterocycles. The fourth-order valence-corrected chi connectivity index (χ4v) is 6.73. The SMILES string of the molecule is CC.CC.CC(C)C1N(C(C)C)CCC12CC2.CC(C)C1N(C(C)C)CCC12CC2. The lowest BCUT2D eigenvalue weighted by Gasteiger charge is -2.34. The van der Waals surface area contributed by atoms with Gasteiger partial charge in [0.2, 0.25) is 0 Å². The summed E-state index contributed by atoms with van der Waals surface area (Å²) in [5.41, 5.74) is 1.52. The molecule has 2 heteroatoms. The Labute approximate surface area is 191 Å². The highest BCUT2D eigenvalue weighted by Gasteiger charge is 2.57. The summed E-state index contributed by atoms with van der Waals surface area (Å²) in [6.45, 7) is 29.6. The van der Waals surface area contributed by atoms with E-state index in [1.165, 1.54) is 51.6 Å². The van der Waals surface area contributed by atoms with Crippen LogP contribution in [0.3, 0.4) is 0 Å². The van der Waals surface area contributed by atoms with Gasteiger partial charge in [0.25, 0.3) is 0 Å². The first-order chi connectivity index (χ1) is 14.1. The summed E-state index contributed by atoms with van der Waals surface area (Å²) in [5.74, 6) is 1.68. The molecule has 0 amide bonds. The van der Waals surface area contributed by atoms with Crippen molar-refractivity contribution >= 4 is 0 Å². The van der Waals surface area contributed by atoms with Gasteiger partial charge in [-0.25, -0.2) is 0 Å². The second-order valence-electron chi connectivity index (χ2n) is 11.3. The molecule has 4 fully saturated rings. The van der Waals surface area contributed by atoms with Gasteiger partial charge >= 0.3 is 0 Å². The monoisotopic (exact) mass is 422 g/mol. The molecule has 0 bridgehead atoms. The number of rotatable bonds is 4. The average molecular weight is 423 g/mol. The van der Waals surface area contributed by atoms with Crippen LogP contribution in [-0.2, 0) is 0 Å². The summed E-state index contributed by atoms with van der Waals surface area (Å²) in [7, 11) is 0. The van der Waals surface area contributed by atoms with Crippen molar-refractivity contribution in [2.24, 2.45) is 22.7 Å². The molecular weight excluding hydrogens is 364 g/mol. The van der Waals surface area contributed by atoms with Crippen LogP contribution in [0.4, 0.5) is 0 Å².